The van der Waals surface area contributed by atoms with Gasteiger partial charge in [-0.1, -0.05) is 6.07 Å². The molecule has 1 heterocycles. The standard InChI is InChI=1S/C17H9F7N2O/c1-25-11-3-2-8(6-9(11)15(18)19)26-7-10(17(22,23)24)13-12(26)4-5-16(20,21)14(13)27/h2-3,6-7,15H,4-5H2. The summed E-state index contributed by atoms with van der Waals surface area (Å²) in [7, 11) is 0. The predicted octanol–water partition coefficient (Wildman–Crippen LogP) is 5.75. The van der Waals surface area contributed by atoms with Crippen molar-refractivity contribution in [2.75, 3.05) is 0 Å². The van der Waals surface area contributed by atoms with Gasteiger partial charge in [0, 0.05) is 29.6 Å². The minimum Gasteiger partial charge on any atom is -0.320 e. The molecule has 1 aromatic carbocycles. The van der Waals surface area contributed by atoms with Gasteiger partial charge >= 0.3 is 12.1 Å². The van der Waals surface area contributed by atoms with Crippen LogP contribution >= 0.6 is 0 Å². The lowest BCUT2D eigenvalue weighted by Crippen LogP contribution is -2.35. The summed E-state index contributed by atoms with van der Waals surface area (Å²) in [6.45, 7) is 6.87. The molecule has 3 rings (SSSR count). The Morgan fingerprint density at radius 3 is 2.44 bits per heavy atom. The number of carbonyl (C=O) groups excluding carboxylic acids is 1. The number of halogens is 7. The molecule has 0 radical (unpaired) electrons. The van der Waals surface area contributed by atoms with Gasteiger partial charge in [0.15, 0.2) is 5.69 Å². The van der Waals surface area contributed by atoms with Crippen molar-refractivity contribution in [2.24, 2.45) is 0 Å². The first-order chi connectivity index (χ1) is 12.5. The van der Waals surface area contributed by atoms with Crippen molar-refractivity contribution in [3.05, 3.63) is 58.2 Å². The Hall–Kier alpha value is -2.83. The first-order valence-corrected chi connectivity index (χ1v) is 7.51. The Balaban J connectivity index is 2.27. The molecule has 142 valence electrons. The Morgan fingerprint density at radius 1 is 1.22 bits per heavy atom. The number of carbonyl (C=O) groups is 1. The van der Waals surface area contributed by atoms with E-state index in [0.29, 0.717) is 6.20 Å². The van der Waals surface area contributed by atoms with Crippen LogP contribution in [0.1, 0.15) is 40.0 Å². The molecule has 10 heteroatoms. The lowest BCUT2D eigenvalue weighted by molar-refractivity contribution is -0.138. The highest BCUT2D eigenvalue weighted by Crippen LogP contribution is 2.43. The quantitative estimate of drug-likeness (QED) is 0.474. The fraction of sp³-hybridized carbons (Fsp3) is 0.294. The van der Waals surface area contributed by atoms with Crippen LogP contribution in [0.25, 0.3) is 10.5 Å². The van der Waals surface area contributed by atoms with Crippen molar-refractivity contribution in [3.63, 3.8) is 0 Å². The largest absolute Gasteiger partial charge is 0.418 e. The molecule has 1 aliphatic rings. The SMILES string of the molecule is [C-]#[N+]c1ccc(-n2cc(C(F)(F)F)c3c2CCC(F)(F)C3=O)cc1C(F)F. The number of alkyl halides is 7. The Kier molecular flexibility index (Phi) is 4.29. The number of fused-ring (bicyclic) bond motifs is 1. The number of benzene rings is 1. The molecule has 0 N–H and O–H groups in total. The van der Waals surface area contributed by atoms with Gasteiger partial charge in [-0.15, -0.1) is 0 Å². The summed E-state index contributed by atoms with van der Waals surface area (Å²) in [6, 6.07) is 2.94. The van der Waals surface area contributed by atoms with Gasteiger partial charge in [0.05, 0.1) is 17.7 Å². The average molecular weight is 390 g/mol. The van der Waals surface area contributed by atoms with E-state index in [9.17, 15) is 35.5 Å². The highest BCUT2D eigenvalue weighted by Gasteiger charge is 2.50. The summed E-state index contributed by atoms with van der Waals surface area (Å²) < 4.78 is 94.2. The van der Waals surface area contributed by atoms with Crippen molar-refractivity contribution in [1.29, 1.82) is 0 Å². The van der Waals surface area contributed by atoms with E-state index in [0.717, 1.165) is 22.8 Å². The van der Waals surface area contributed by atoms with Crippen molar-refractivity contribution in [3.8, 4) is 5.69 Å². The van der Waals surface area contributed by atoms with Gasteiger partial charge in [-0.25, -0.2) is 13.6 Å². The number of hydrogen-bond donors (Lipinski definition) is 0. The van der Waals surface area contributed by atoms with E-state index in [1.54, 1.807) is 0 Å². The summed E-state index contributed by atoms with van der Waals surface area (Å²) in [6.07, 6.45) is -9.22. The highest BCUT2D eigenvalue weighted by atomic mass is 19.4. The first-order valence-electron chi connectivity index (χ1n) is 7.51. The van der Waals surface area contributed by atoms with Crippen LogP contribution < -0.4 is 0 Å². The fourth-order valence-electron chi connectivity index (χ4n) is 3.03. The van der Waals surface area contributed by atoms with Crippen molar-refractivity contribution in [2.45, 2.75) is 31.4 Å². The number of nitrogens with zero attached hydrogens (tertiary/aromatic N) is 2. The van der Waals surface area contributed by atoms with Crippen LogP contribution in [0, 0.1) is 6.57 Å². The first kappa shape index (κ1) is 18.9. The fourth-order valence-corrected chi connectivity index (χ4v) is 3.03. The van der Waals surface area contributed by atoms with Gasteiger partial charge in [-0.3, -0.25) is 4.79 Å². The third-order valence-corrected chi connectivity index (χ3v) is 4.29. The molecular formula is C17H9F7N2O. The molecule has 27 heavy (non-hydrogen) atoms. The second-order valence-electron chi connectivity index (χ2n) is 5.92. The molecule has 0 saturated carbocycles. The van der Waals surface area contributed by atoms with Gasteiger partial charge in [-0.2, -0.15) is 22.0 Å². The van der Waals surface area contributed by atoms with E-state index in [2.05, 4.69) is 4.85 Å². The molecule has 2 aromatic rings. The van der Waals surface area contributed by atoms with E-state index in [4.69, 9.17) is 6.57 Å². The van der Waals surface area contributed by atoms with Crippen LogP contribution in [0.3, 0.4) is 0 Å². The maximum absolute atomic E-state index is 13.7. The Bertz CT molecular complexity index is 967. The van der Waals surface area contributed by atoms with Gasteiger partial charge in [0.1, 0.15) is 0 Å². The third kappa shape index (κ3) is 3.07. The lowest BCUT2D eigenvalue weighted by Gasteiger charge is -2.23. The van der Waals surface area contributed by atoms with Crippen molar-refractivity contribution < 1.29 is 35.5 Å². The third-order valence-electron chi connectivity index (χ3n) is 4.29. The van der Waals surface area contributed by atoms with E-state index in [1.807, 2.05) is 0 Å². The summed E-state index contributed by atoms with van der Waals surface area (Å²) in [4.78, 5) is 14.8. The molecule has 0 unspecified atom stereocenters. The van der Waals surface area contributed by atoms with Gasteiger partial charge < -0.3 is 4.57 Å². The van der Waals surface area contributed by atoms with Crippen molar-refractivity contribution >= 4 is 11.5 Å². The zero-order valence-electron chi connectivity index (χ0n) is 13.2. The zero-order chi connectivity index (χ0) is 20.1. The number of rotatable bonds is 2. The van der Waals surface area contributed by atoms with Crippen LogP contribution in [0.15, 0.2) is 24.4 Å². The van der Waals surface area contributed by atoms with Crippen LogP contribution in [-0.2, 0) is 12.6 Å². The molecule has 0 bridgehead atoms. The average Bonchev–Trinajstić information content (AvgIpc) is 2.98. The smallest absolute Gasteiger partial charge is 0.320 e. The maximum atomic E-state index is 13.7. The number of hydrogen-bond acceptors (Lipinski definition) is 1. The van der Waals surface area contributed by atoms with E-state index < -0.39 is 53.8 Å². The minimum absolute atomic E-state index is 0.178. The molecule has 0 spiro atoms. The molecule has 1 aromatic heterocycles. The molecule has 0 saturated heterocycles. The Morgan fingerprint density at radius 2 is 1.89 bits per heavy atom. The molecule has 1 aliphatic carbocycles. The second-order valence-corrected chi connectivity index (χ2v) is 5.92. The van der Waals surface area contributed by atoms with Crippen molar-refractivity contribution in [1.82, 2.24) is 4.57 Å². The summed E-state index contributed by atoms with van der Waals surface area (Å²) in [5.41, 5.74) is -4.28. The molecule has 0 atom stereocenters. The van der Waals surface area contributed by atoms with Crippen LogP contribution in [0.2, 0.25) is 0 Å². The zero-order valence-corrected chi connectivity index (χ0v) is 13.2. The van der Waals surface area contributed by atoms with Gasteiger partial charge in [0.2, 0.25) is 5.78 Å². The predicted molar refractivity (Wildman–Crippen MR) is 79.6 cm³/mol. The topological polar surface area (TPSA) is 26.4 Å². The van der Waals surface area contributed by atoms with Crippen LogP contribution in [0.4, 0.5) is 36.4 Å². The monoisotopic (exact) mass is 390 g/mol. The minimum atomic E-state index is -5.08. The summed E-state index contributed by atoms with van der Waals surface area (Å²) >= 11 is 0. The van der Waals surface area contributed by atoms with E-state index >= 15 is 0 Å². The summed E-state index contributed by atoms with van der Waals surface area (Å²) in [5.74, 6) is -5.87. The highest BCUT2D eigenvalue weighted by molar-refractivity contribution is 6.05. The maximum Gasteiger partial charge on any atom is 0.418 e. The normalized spacial score (nSPS) is 16.3. The number of ketones is 1. The molecule has 0 aliphatic heterocycles. The molecular weight excluding hydrogens is 381 g/mol. The molecule has 0 amide bonds. The van der Waals surface area contributed by atoms with Gasteiger partial charge in [0.25, 0.3) is 6.43 Å². The van der Waals surface area contributed by atoms with Crippen LogP contribution in [-0.4, -0.2) is 16.3 Å². The lowest BCUT2D eigenvalue weighted by atomic mass is 9.90. The Labute approximate surface area is 147 Å². The summed E-state index contributed by atoms with van der Waals surface area (Å²) in [5, 5.41) is 0. The molecule has 3 nitrogen and oxygen atoms in total. The van der Waals surface area contributed by atoms with Crippen LogP contribution in [0.5, 0.6) is 0 Å². The van der Waals surface area contributed by atoms with E-state index in [1.165, 1.54) is 0 Å². The number of Topliss-reactive ketones (excluding diaryl/α,β-unsaturated/α-hetero) is 1. The molecule has 0 fully saturated rings. The second kappa shape index (κ2) is 6.11. The van der Waals surface area contributed by atoms with Gasteiger partial charge in [-0.05, 0) is 18.6 Å². The van der Waals surface area contributed by atoms with E-state index in [-0.39, 0.29) is 17.1 Å². The number of aromatic nitrogens is 1.